The number of hydrogen-bond donors (Lipinski definition) is 2. The molecular formula is C17H29Cl2N3O. The molecule has 1 aliphatic heterocycles. The van der Waals surface area contributed by atoms with Gasteiger partial charge in [0.25, 0.3) is 0 Å². The van der Waals surface area contributed by atoms with Gasteiger partial charge < -0.3 is 11.1 Å². The van der Waals surface area contributed by atoms with Gasteiger partial charge in [0, 0.05) is 26.2 Å². The normalized spacial score (nSPS) is 21.0. The number of carbonyl (C=O) groups is 1. The van der Waals surface area contributed by atoms with Crippen molar-refractivity contribution in [2.75, 3.05) is 19.6 Å². The molecular weight excluding hydrogens is 333 g/mol. The van der Waals surface area contributed by atoms with Gasteiger partial charge in [0.2, 0.25) is 5.91 Å². The molecule has 3 N–H and O–H groups in total. The topological polar surface area (TPSA) is 58.4 Å². The minimum atomic E-state index is -0.106. The molecule has 2 atom stereocenters. The quantitative estimate of drug-likeness (QED) is 0.847. The van der Waals surface area contributed by atoms with Crippen molar-refractivity contribution in [3.8, 4) is 0 Å². The highest BCUT2D eigenvalue weighted by Gasteiger charge is 2.22. The van der Waals surface area contributed by atoms with Crippen molar-refractivity contribution >= 4 is 30.7 Å². The number of hydrogen-bond acceptors (Lipinski definition) is 3. The Hall–Kier alpha value is -0.810. The molecule has 1 amide bonds. The standard InChI is InChI=1S/C17H27N3O.2ClH/c1-13-7-14(2)11-20(10-13)12-16-6-4-3-5-15(16)9-19-17(21)8-18;;/h3-6,13-14H,7-12,18H2,1-2H3,(H,19,21);2*1H. The lowest BCUT2D eigenvalue weighted by Gasteiger charge is -2.35. The third-order valence-corrected chi connectivity index (χ3v) is 4.12. The molecule has 1 aliphatic rings. The molecule has 0 aromatic heterocycles. The van der Waals surface area contributed by atoms with Crippen LogP contribution in [0.25, 0.3) is 0 Å². The zero-order valence-electron chi connectivity index (χ0n) is 14.0. The summed E-state index contributed by atoms with van der Waals surface area (Å²) in [6, 6.07) is 8.34. The summed E-state index contributed by atoms with van der Waals surface area (Å²) in [6.45, 7) is 8.55. The third kappa shape index (κ3) is 7.08. The van der Waals surface area contributed by atoms with E-state index in [9.17, 15) is 4.79 Å². The SMILES string of the molecule is CC1CC(C)CN(Cc2ccccc2CNC(=O)CN)C1.Cl.Cl. The van der Waals surface area contributed by atoms with Gasteiger partial charge in [0.1, 0.15) is 0 Å². The molecule has 1 fully saturated rings. The van der Waals surface area contributed by atoms with Crippen LogP contribution in [-0.2, 0) is 17.9 Å². The third-order valence-electron chi connectivity index (χ3n) is 4.12. The minimum absolute atomic E-state index is 0. The van der Waals surface area contributed by atoms with Crippen molar-refractivity contribution in [1.29, 1.82) is 0 Å². The van der Waals surface area contributed by atoms with Crippen LogP contribution in [0.4, 0.5) is 0 Å². The van der Waals surface area contributed by atoms with Gasteiger partial charge in [-0.3, -0.25) is 9.69 Å². The van der Waals surface area contributed by atoms with E-state index in [2.05, 4.69) is 42.3 Å². The summed E-state index contributed by atoms with van der Waals surface area (Å²) in [5.74, 6) is 1.42. The van der Waals surface area contributed by atoms with E-state index in [0.717, 1.165) is 31.5 Å². The van der Waals surface area contributed by atoms with Crippen LogP contribution in [-0.4, -0.2) is 30.4 Å². The maximum atomic E-state index is 11.3. The Morgan fingerprint density at radius 2 is 1.74 bits per heavy atom. The molecule has 0 radical (unpaired) electrons. The molecule has 6 heteroatoms. The summed E-state index contributed by atoms with van der Waals surface area (Å²) in [5.41, 5.74) is 7.82. The van der Waals surface area contributed by atoms with Crippen molar-refractivity contribution in [2.24, 2.45) is 17.6 Å². The van der Waals surface area contributed by atoms with Gasteiger partial charge >= 0.3 is 0 Å². The first-order valence-corrected chi connectivity index (χ1v) is 7.84. The van der Waals surface area contributed by atoms with Crippen LogP contribution in [0.15, 0.2) is 24.3 Å². The Morgan fingerprint density at radius 3 is 2.30 bits per heavy atom. The first kappa shape index (κ1) is 22.2. The van der Waals surface area contributed by atoms with Crippen molar-refractivity contribution in [1.82, 2.24) is 10.2 Å². The molecule has 1 saturated heterocycles. The van der Waals surface area contributed by atoms with E-state index in [1.807, 2.05) is 6.07 Å². The predicted molar refractivity (Wildman–Crippen MR) is 100 cm³/mol. The average molecular weight is 362 g/mol. The fourth-order valence-electron chi connectivity index (χ4n) is 3.31. The van der Waals surface area contributed by atoms with Gasteiger partial charge in [-0.05, 0) is 29.4 Å². The molecule has 0 aliphatic carbocycles. The van der Waals surface area contributed by atoms with E-state index in [-0.39, 0.29) is 37.3 Å². The lowest BCUT2D eigenvalue weighted by molar-refractivity contribution is -0.119. The maximum absolute atomic E-state index is 11.3. The Balaban J connectivity index is 0.00000242. The highest BCUT2D eigenvalue weighted by molar-refractivity contribution is 5.85. The van der Waals surface area contributed by atoms with Crippen LogP contribution in [0.1, 0.15) is 31.4 Å². The van der Waals surface area contributed by atoms with Gasteiger partial charge in [-0.15, -0.1) is 24.8 Å². The van der Waals surface area contributed by atoms with Crippen molar-refractivity contribution < 1.29 is 4.79 Å². The van der Waals surface area contributed by atoms with E-state index in [0.29, 0.717) is 6.54 Å². The van der Waals surface area contributed by atoms with E-state index >= 15 is 0 Å². The second-order valence-corrected chi connectivity index (χ2v) is 6.39. The molecule has 2 unspecified atom stereocenters. The molecule has 0 bridgehead atoms. The highest BCUT2D eigenvalue weighted by atomic mass is 35.5. The lowest BCUT2D eigenvalue weighted by atomic mass is 9.91. The fourth-order valence-corrected chi connectivity index (χ4v) is 3.31. The largest absolute Gasteiger partial charge is 0.351 e. The van der Waals surface area contributed by atoms with Gasteiger partial charge in [0.15, 0.2) is 0 Å². The summed E-state index contributed by atoms with van der Waals surface area (Å²) in [6.07, 6.45) is 1.32. The number of halogens is 2. The second-order valence-electron chi connectivity index (χ2n) is 6.39. The first-order chi connectivity index (χ1) is 10.1. The number of nitrogens with zero attached hydrogens (tertiary/aromatic N) is 1. The zero-order valence-corrected chi connectivity index (χ0v) is 15.6. The number of nitrogens with one attached hydrogen (secondary N) is 1. The lowest BCUT2D eigenvalue weighted by Crippen LogP contribution is -2.38. The molecule has 23 heavy (non-hydrogen) atoms. The summed E-state index contributed by atoms with van der Waals surface area (Å²) < 4.78 is 0. The van der Waals surface area contributed by atoms with Crippen LogP contribution in [0, 0.1) is 11.8 Å². The second kappa shape index (κ2) is 10.9. The van der Waals surface area contributed by atoms with Crippen LogP contribution in [0.3, 0.4) is 0 Å². The van der Waals surface area contributed by atoms with E-state index in [1.165, 1.54) is 17.5 Å². The summed E-state index contributed by atoms with van der Waals surface area (Å²) >= 11 is 0. The monoisotopic (exact) mass is 361 g/mol. The van der Waals surface area contributed by atoms with E-state index in [1.54, 1.807) is 0 Å². The molecule has 2 rings (SSSR count). The smallest absolute Gasteiger partial charge is 0.234 e. The maximum Gasteiger partial charge on any atom is 0.234 e. The number of amides is 1. The Kier molecular flexibility index (Phi) is 10.5. The van der Waals surface area contributed by atoms with Gasteiger partial charge in [-0.25, -0.2) is 0 Å². The van der Waals surface area contributed by atoms with E-state index in [4.69, 9.17) is 5.73 Å². The Labute approximate surface area is 152 Å². The molecule has 1 heterocycles. The number of benzene rings is 1. The molecule has 1 aromatic carbocycles. The van der Waals surface area contributed by atoms with Crippen molar-refractivity contribution in [3.05, 3.63) is 35.4 Å². The summed E-state index contributed by atoms with van der Waals surface area (Å²) in [7, 11) is 0. The summed E-state index contributed by atoms with van der Waals surface area (Å²) in [4.78, 5) is 13.9. The molecule has 0 saturated carbocycles. The minimum Gasteiger partial charge on any atom is -0.351 e. The fraction of sp³-hybridized carbons (Fsp3) is 0.588. The average Bonchev–Trinajstić information content (AvgIpc) is 2.45. The number of nitrogens with two attached hydrogens (primary N) is 1. The first-order valence-electron chi connectivity index (χ1n) is 7.84. The number of piperidine rings is 1. The molecule has 1 aromatic rings. The summed E-state index contributed by atoms with van der Waals surface area (Å²) in [5, 5.41) is 2.86. The number of likely N-dealkylation sites (tertiary alicyclic amines) is 1. The van der Waals surface area contributed by atoms with Gasteiger partial charge in [0.05, 0.1) is 6.54 Å². The van der Waals surface area contributed by atoms with Gasteiger partial charge in [-0.2, -0.15) is 0 Å². The number of carbonyl (C=O) groups excluding carboxylic acids is 1. The molecule has 132 valence electrons. The zero-order chi connectivity index (χ0) is 15.2. The highest BCUT2D eigenvalue weighted by Crippen LogP contribution is 2.23. The van der Waals surface area contributed by atoms with Crippen molar-refractivity contribution in [3.63, 3.8) is 0 Å². The van der Waals surface area contributed by atoms with Crippen molar-refractivity contribution in [2.45, 2.75) is 33.4 Å². The Bertz CT molecular complexity index is 475. The Morgan fingerprint density at radius 1 is 1.17 bits per heavy atom. The predicted octanol–water partition coefficient (Wildman–Crippen LogP) is 2.58. The van der Waals surface area contributed by atoms with Crippen LogP contribution >= 0.6 is 24.8 Å². The van der Waals surface area contributed by atoms with Crippen LogP contribution in [0.5, 0.6) is 0 Å². The van der Waals surface area contributed by atoms with Gasteiger partial charge in [-0.1, -0.05) is 38.1 Å². The molecule has 4 nitrogen and oxygen atoms in total. The number of rotatable bonds is 5. The molecule has 0 spiro atoms. The van der Waals surface area contributed by atoms with Crippen LogP contribution < -0.4 is 11.1 Å². The van der Waals surface area contributed by atoms with Crippen LogP contribution in [0.2, 0.25) is 0 Å². The van der Waals surface area contributed by atoms with E-state index < -0.39 is 0 Å².